The lowest BCUT2D eigenvalue weighted by Crippen LogP contribution is -2.31. The first kappa shape index (κ1) is 22.3. The third kappa shape index (κ3) is 6.56. The summed E-state index contributed by atoms with van der Waals surface area (Å²) in [4.78, 5) is 11.4. The molecule has 1 aliphatic rings. The van der Waals surface area contributed by atoms with Gasteiger partial charge in [0.2, 0.25) is 0 Å². The molecule has 30 heavy (non-hydrogen) atoms. The van der Waals surface area contributed by atoms with Crippen LogP contribution in [0.4, 0.5) is 0 Å². The predicted molar refractivity (Wildman–Crippen MR) is 122 cm³/mol. The topological polar surface area (TPSA) is 35.5 Å². The number of benzene rings is 2. The summed E-state index contributed by atoms with van der Waals surface area (Å²) in [6, 6.07) is 19.1. The second kappa shape index (κ2) is 11.7. The van der Waals surface area contributed by atoms with Gasteiger partial charge < -0.3 is 9.47 Å². The van der Waals surface area contributed by atoms with Crippen LogP contribution in [0.15, 0.2) is 66.7 Å². The van der Waals surface area contributed by atoms with E-state index in [2.05, 4.69) is 61.5 Å². The van der Waals surface area contributed by atoms with Crippen LogP contribution in [0, 0.1) is 11.8 Å². The molecule has 1 fully saturated rings. The van der Waals surface area contributed by atoms with Crippen molar-refractivity contribution in [1.82, 2.24) is 0 Å². The van der Waals surface area contributed by atoms with Gasteiger partial charge in [0.1, 0.15) is 0 Å². The Morgan fingerprint density at radius 1 is 1.03 bits per heavy atom. The lowest BCUT2D eigenvalue weighted by molar-refractivity contribution is -0.139. The van der Waals surface area contributed by atoms with Crippen molar-refractivity contribution in [1.29, 1.82) is 0 Å². The molecule has 2 atom stereocenters. The Balaban J connectivity index is 1.68. The molecule has 1 saturated carbocycles. The van der Waals surface area contributed by atoms with Crippen LogP contribution < -0.4 is 0 Å². The molecular formula is C27H34O3. The molecule has 0 aromatic heterocycles. The Hall–Kier alpha value is -2.39. The van der Waals surface area contributed by atoms with Crippen LogP contribution in [0.2, 0.25) is 0 Å². The molecule has 0 N–H and O–H groups in total. The van der Waals surface area contributed by atoms with Crippen LogP contribution in [0.5, 0.6) is 0 Å². The average Bonchev–Trinajstić information content (AvgIpc) is 2.80. The molecule has 3 nitrogen and oxygen atoms in total. The molecule has 0 spiro atoms. The number of rotatable bonds is 9. The van der Waals surface area contributed by atoms with Crippen LogP contribution in [0.25, 0.3) is 11.1 Å². The Bertz CT molecular complexity index is 806. The van der Waals surface area contributed by atoms with Crippen molar-refractivity contribution >= 4 is 5.97 Å². The Labute approximate surface area is 181 Å². The molecule has 2 aromatic carbocycles. The highest BCUT2D eigenvalue weighted by Crippen LogP contribution is 2.33. The van der Waals surface area contributed by atoms with Gasteiger partial charge in [-0.2, -0.15) is 0 Å². The van der Waals surface area contributed by atoms with E-state index >= 15 is 0 Å². The Morgan fingerprint density at radius 2 is 1.77 bits per heavy atom. The molecular weight excluding hydrogens is 372 g/mol. The highest BCUT2D eigenvalue weighted by atomic mass is 16.5. The van der Waals surface area contributed by atoms with Gasteiger partial charge in [-0.3, -0.25) is 4.79 Å². The smallest absolute Gasteiger partial charge is 0.309 e. The lowest BCUT2D eigenvalue weighted by atomic mass is 9.80. The molecule has 3 rings (SSSR count). The minimum Gasteiger partial charge on any atom is -0.469 e. The quantitative estimate of drug-likeness (QED) is 0.349. The summed E-state index contributed by atoms with van der Waals surface area (Å²) in [5.74, 6) is 0.634. The summed E-state index contributed by atoms with van der Waals surface area (Å²) in [5.41, 5.74) is 3.64. The molecule has 0 aliphatic heterocycles. The third-order valence-electron chi connectivity index (χ3n) is 6.06. The van der Waals surface area contributed by atoms with E-state index in [0.717, 1.165) is 0 Å². The summed E-state index contributed by atoms with van der Waals surface area (Å²) in [6.07, 6.45) is 10.9. The summed E-state index contributed by atoms with van der Waals surface area (Å²) >= 11 is 0. The van der Waals surface area contributed by atoms with Crippen molar-refractivity contribution < 1.29 is 14.3 Å². The van der Waals surface area contributed by atoms with Crippen molar-refractivity contribution in [2.75, 3.05) is 7.11 Å². The average molecular weight is 407 g/mol. The van der Waals surface area contributed by atoms with E-state index in [-0.39, 0.29) is 18.0 Å². The molecule has 1 aliphatic carbocycles. The SMILES string of the molecule is COC(=O)C/C=C/[C@@H](C)[C@H](OCc1cccc(-c2ccccc2)c1)C1CCCCC1. The maximum atomic E-state index is 11.4. The summed E-state index contributed by atoms with van der Waals surface area (Å²) in [5, 5.41) is 0. The van der Waals surface area contributed by atoms with Gasteiger partial charge in [-0.1, -0.05) is 86.9 Å². The lowest BCUT2D eigenvalue weighted by Gasteiger charge is -2.33. The predicted octanol–water partition coefficient (Wildman–Crippen LogP) is 6.57. The first-order valence-electron chi connectivity index (χ1n) is 11.2. The van der Waals surface area contributed by atoms with Crippen molar-refractivity contribution in [3.05, 3.63) is 72.3 Å². The maximum absolute atomic E-state index is 11.4. The van der Waals surface area contributed by atoms with Crippen LogP contribution in [0.1, 0.15) is 51.0 Å². The summed E-state index contributed by atoms with van der Waals surface area (Å²) in [6.45, 7) is 2.81. The summed E-state index contributed by atoms with van der Waals surface area (Å²) in [7, 11) is 1.43. The Kier molecular flexibility index (Phi) is 8.70. The van der Waals surface area contributed by atoms with Gasteiger partial charge in [-0.15, -0.1) is 0 Å². The van der Waals surface area contributed by atoms with Gasteiger partial charge in [-0.05, 0) is 41.5 Å². The monoisotopic (exact) mass is 406 g/mol. The second-order valence-corrected chi connectivity index (χ2v) is 8.31. The maximum Gasteiger partial charge on any atom is 0.309 e. The minimum atomic E-state index is -0.202. The fraction of sp³-hybridized carbons (Fsp3) is 0.444. The molecule has 160 valence electrons. The van der Waals surface area contributed by atoms with Crippen LogP contribution in [-0.4, -0.2) is 19.2 Å². The summed E-state index contributed by atoms with van der Waals surface area (Å²) < 4.78 is 11.3. The fourth-order valence-electron chi connectivity index (χ4n) is 4.42. The zero-order valence-electron chi connectivity index (χ0n) is 18.3. The van der Waals surface area contributed by atoms with Crippen molar-refractivity contribution in [2.24, 2.45) is 11.8 Å². The molecule has 0 amide bonds. The first-order valence-corrected chi connectivity index (χ1v) is 11.2. The molecule has 3 heteroatoms. The molecule has 0 heterocycles. The van der Waals surface area contributed by atoms with Gasteiger partial charge in [0.25, 0.3) is 0 Å². The van der Waals surface area contributed by atoms with E-state index < -0.39 is 0 Å². The number of carbonyl (C=O) groups is 1. The van der Waals surface area contributed by atoms with Crippen LogP contribution >= 0.6 is 0 Å². The normalized spacial score (nSPS) is 17.0. The molecule has 0 radical (unpaired) electrons. The number of hydrogen-bond acceptors (Lipinski definition) is 3. The molecule has 0 saturated heterocycles. The van der Waals surface area contributed by atoms with Gasteiger partial charge in [0.05, 0.1) is 26.2 Å². The van der Waals surface area contributed by atoms with Gasteiger partial charge in [-0.25, -0.2) is 0 Å². The van der Waals surface area contributed by atoms with Crippen LogP contribution in [0.3, 0.4) is 0 Å². The Morgan fingerprint density at radius 3 is 2.50 bits per heavy atom. The second-order valence-electron chi connectivity index (χ2n) is 8.31. The number of ether oxygens (including phenoxy) is 2. The van der Waals surface area contributed by atoms with Crippen molar-refractivity contribution in [3.63, 3.8) is 0 Å². The standard InChI is InChI=1S/C27H34O3/c1-21(11-9-18-26(28)29-2)27(24-15-7-4-8-16-24)30-20-22-12-10-17-25(19-22)23-13-5-3-6-14-23/h3,5-6,9-14,17,19,21,24,27H,4,7-8,15-16,18,20H2,1-2H3/b11-9+/t21-,27+/m1/s1. The van der Waals surface area contributed by atoms with E-state index in [1.54, 1.807) is 0 Å². The van der Waals surface area contributed by atoms with Gasteiger partial charge in [0, 0.05) is 5.92 Å². The molecule has 2 aromatic rings. The van der Waals surface area contributed by atoms with E-state index in [0.29, 0.717) is 18.9 Å². The van der Waals surface area contributed by atoms with Crippen molar-refractivity contribution in [2.45, 2.75) is 58.2 Å². The van der Waals surface area contributed by atoms with Gasteiger partial charge in [0.15, 0.2) is 0 Å². The number of hydrogen-bond donors (Lipinski definition) is 0. The van der Waals surface area contributed by atoms with E-state index in [1.165, 1.54) is 55.9 Å². The molecule has 0 unspecified atom stereocenters. The largest absolute Gasteiger partial charge is 0.469 e. The van der Waals surface area contributed by atoms with E-state index in [4.69, 9.17) is 9.47 Å². The van der Waals surface area contributed by atoms with E-state index in [1.807, 2.05) is 12.1 Å². The zero-order chi connectivity index (χ0) is 21.2. The van der Waals surface area contributed by atoms with Crippen LogP contribution in [-0.2, 0) is 20.9 Å². The first-order chi connectivity index (χ1) is 14.7. The third-order valence-corrected chi connectivity index (χ3v) is 6.06. The minimum absolute atomic E-state index is 0.166. The number of esters is 1. The van der Waals surface area contributed by atoms with Crippen molar-refractivity contribution in [3.8, 4) is 11.1 Å². The highest BCUT2D eigenvalue weighted by Gasteiger charge is 2.28. The van der Waals surface area contributed by atoms with E-state index in [9.17, 15) is 4.79 Å². The fourth-order valence-corrected chi connectivity index (χ4v) is 4.42. The zero-order valence-corrected chi connectivity index (χ0v) is 18.3. The molecule has 0 bridgehead atoms. The number of carbonyl (C=O) groups excluding carboxylic acids is 1. The van der Waals surface area contributed by atoms with Gasteiger partial charge >= 0.3 is 5.97 Å². The number of methoxy groups -OCH3 is 1. The highest BCUT2D eigenvalue weighted by molar-refractivity contribution is 5.70.